The second kappa shape index (κ2) is 6.08. The number of nitrogens with zero attached hydrogens (tertiary/aromatic N) is 3. The molecule has 0 spiro atoms. The van der Waals surface area contributed by atoms with Crippen LogP contribution in [0.1, 0.15) is 5.56 Å². The number of aromatic nitrogens is 2. The minimum atomic E-state index is -0.141. The summed E-state index contributed by atoms with van der Waals surface area (Å²) in [5.41, 5.74) is 6.20. The van der Waals surface area contributed by atoms with Crippen LogP contribution >= 0.6 is 0 Å². The number of imidazole rings is 1. The number of benzene rings is 1. The first-order valence-electron chi connectivity index (χ1n) is 6.59. The van der Waals surface area contributed by atoms with E-state index in [-0.39, 0.29) is 12.5 Å². The van der Waals surface area contributed by atoms with Gasteiger partial charge in [0.15, 0.2) is 0 Å². The van der Waals surface area contributed by atoms with E-state index in [0.29, 0.717) is 12.4 Å². The van der Waals surface area contributed by atoms with Gasteiger partial charge in [0, 0.05) is 18.0 Å². The molecule has 2 heterocycles. The first kappa shape index (κ1) is 13.2. The summed E-state index contributed by atoms with van der Waals surface area (Å²) in [6, 6.07) is 7.56. The van der Waals surface area contributed by atoms with Gasteiger partial charge in [0.05, 0.1) is 12.9 Å². The quantitative estimate of drug-likeness (QED) is 0.830. The van der Waals surface area contributed by atoms with Crippen LogP contribution in [-0.2, 0) is 11.3 Å². The van der Waals surface area contributed by atoms with Crippen molar-refractivity contribution in [3.63, 3.8) is 0 Å². The van der Waals surface area contributed by atoms with E-state index in [1.54, 1.807) is 12.5 Å². The van der Waals surface area contributed by atoms with Crippen LogP contribution in [0.4, 0.5) is 0 Å². The Morgan fingerprint density at radius 3 is 2.76 bits per heavy atom. The molecule has 0 bridgehead atoms. The fourth-order valence-electron chi connectivity index (χ4n) is 1.92. The summed E-state index contributed by atoms with van der Waals surface area (Å²) >= 11 is 0. The Balaban J connectivity index is 1.55. The molecule has 0 aliphatic carbocycles. The molecule has 0 saturated heterocycles. The molecule has 1 aliphatic rings. The Kier molecular flexibility index (Phi) is 3.81. The summed E-state index contributed by atoms with van der Waals surface area (Å²) in [4.78, 5) is 19.1. The molecule has 7 nitrogen and oxygen atoms in total. The van der Waals surface area contributed by atoms with Crippen molar-refractivity contribution < 1.29 is 9.53 Å². The maximum absolute atomic E-state index is 11.0. The lowest BCUT2D eigenvalue weighted by atomic mass is 10.2. The number of amides is 1. The van der Waals surface area contributed by atoms with Crippen molar-refractivity contribution in [3.8, 4) is 5.75 Å². The van der Waals surface area contributed by atoms with E-state index >= 15 is 0 Å². The molecule has 7 heteroatoms. The summed E-state index contributed by atoms with van der Waals surface area (Å²) in [5.74, 6) is 1.30. The fraction of sp³-hybridized carbons (Fsp3) is 0.214. The Morgan fingerprint density at radius 2 is 2.10 bits per heavy atom. The molecule has 0 atom stereocenters. The van der Waals surface area contributed by atoms with Gasteiger partial charge in [0.25, 0.3) is 5.91 Å². The SMILES string of the molecule is O=C1CN=C(c2ccc(OCCn3ccnc3)cc2)NN1. The van der Waals surface area contributed by atoms with Gasteiger partial charge in [-0.05, 0) is 24.3 Å². The molecule has 0 fully saturated rings. The van der Waals surface area contributed by atoms with Gasteiger partial charge in [-0.2, -0.15) is 0 Å². The average Bonchev–Trinajstić information content (AvgIpc) is 3.02. The second-order valence-corrected chi connectivity index (χ2v) is 4.51. The average molecular weight is 285 g/mol. The zero-order valence-electron chi connectivity index (χ0n) is 11.3. The normalized spacial score (nSPS) is 14.1. The van der Waals surface area contributed by atoms with Crippen LogP contribution in [-0.4, -0.2) is 34.4 Å². The van der Waals surface area contributed by atoms with Crippen LogP contribution in [0, 0.1) is 0 Å². The Labute approximate surface area is 121 Å². The van der Waals surface area contributed by atoms with Gasteiger partial charge in [0.1, 0.15) is 24.7 Å². The van der Waals surface area contributed by atoms with E-state index in [4.69, 9.17) is 4.74 Å². The molecule has 2 aromatic rings. The van der Waals surface area contributed by atoms with Crippen molar-refractivity contribution in [3.05, 3.63) is 48.5 Å². The lowest BCUT2D eigenvalue weighted by molar-refractivity contribution is -0.120. The molecular weight excluding hydrogens is 270 g/mol. The zero-order chi connectivity index (χ0) is 14.5. The lowest BCUT2D eigenvalue weighted by Crippen LogP contribution is -2.47. The third-order valence-electron chi connectivity index (χ3n) is 3.01. The molecule has 1 amide bonds. The molecule has 0 radical (unpaired) electrons. The van der Waals surface area contributed by atoms with E-state index in [1.807, 2.05) is 35.0 Å². The molecule has 21 heavy (non-hydrogen) atoms. The molecule has 0 unspecified atom stereocenters. The highest BCUT2D eigenvalue weighted by molar-refractivity contribution is 6.02. The summed E-state index contributed by atoms with van der Waals surface area (Å²) in [6.07, 6.45) is 5.40. The maximum atomic E-state index is 11.0. The lowest BCUT2D eigenvalue weighted by Gasteiger charge is -2.15. The second-order valence-electron chi connectivity index (χ2n) is 4.51. The monoisotopic (exact) mass is 285 g/mol. The van der Waals surface area contributed by atoms with Crippen LogP contribution < -0.4 is 15.6 Å². The topological polar surface area (TPSA) is 80.5 Å². The molecule has 2 N–H and O–H groups in total. The van der Waals surface area contributed by atoms with E-state index < -0.39 is 0 Å². The maximum Gasteiger partial charge on any atom is 0.260 e. The molecule has 3 rings (SSSR count). The van der Waals surface area contributed by atoms with Gasteiger partial charge in [-0.1, -0.05) is 0 Å². The zero-order valence-corrected chi connectivity index (χ0v) is 11.3. The Hall–Kier alpha value is -2.83. The van der Waals surface area contributed by atoms with Crippen LogP contribution in [0.25, 0.3) is 0 Å². The summed E-state index contributed by atoms with van der Waals surface area (Å²) in [7, 11) is 0. The molecule has 1 aliphatic heterocycles. The Bertz CT molecular complexity index is 634. The first-order valence-corrected chi connectivity index (χ1v) is 6.59. The standard InChI is InChI=1S/C14H15N5O2/c20-13-9-16-14(18-17-13)11-1-3-12(4-2-11)21-8-7-19-6-5-15-10-19/h1-6,10H,7-9H2,(H,16,18)(H,17,20). The number of hydrogen-bond donors (Lipinski definition) is 2. The third-order valence-corrected chi connectivity index (χ3v) is 3.01. The minimum Gasteiger partial charge on any atom is -0.492 e. The van der Waals surface area contributed by atoms with Gasteiger partial charge >= 0.3 is 0 Å². The summed E-state index contributed by atoms with van der Waals surface area (Å²) in [5, 5.41) is 0. The predicted octanol–water partition coefficient (Wildman–Crippen LogP) is 0.343. The van der Waals surface area contributed by atoms with Gasteiger partial charge in [0.2, 0.25) is 0 Å². The van der Waals surface area contributed by atoms with Crippen molar-refractivity contribution in [2.24, 2.45) is 4.99 Å². The van der Waals surface area contributed by atoms with Crippen molar-refractivity contribution in [2.75, 3.05) is 13.2 Å². The van der Waals surface area contributed by atoms with Gasteiger partial charge in [-0.25, -0.2) is 4.98 Å². The van der Waals surface area contributed by atoms with Crippen LogP contribution in [0.3, 0.4) is 0 Å². The summed E-state index contributed by atoms with van der Waals surface area (Å²) < 4.78 is 7.62. The number of rotatable bonds is 5. The van der Waals surface area contributed by atoms with Gasteiger partial charge in [-0.3, -0.25) is 20.6 Å². The number of ether oxygens (including phenoxy) is 1. The minimum absolute atomic E-state index is 0.141. The van der Waals surface area contributed by atoms with E-state index in [1.165, 1.54) is 0 Å². The van der Waals surface area contributed by atoms with Gasteiger partial charge < -0.3 is 9.30 Å². The van der Waals surface area contributed by atoms with Crippen molar-refractivity contribution in [1.29, 1.82) is 0 Å². The summed E-state index contributed by atoms with van der Waals surface area (Å²) in [6.45, 7) is 1.47. The van der Waals surface area contributed by atoms with Crippen molar-refractivity contribution >= 4 is 11.7 Å². The van der Waals surface area contributed by atoms with Crippen LogP contribution in [0.5, 0.6) is 5.75 Å². The highest BCUT2D eigenvalue weighted by atomic mass is 16.5. The highest BCUT2D eigenvalue weighted by Crippen LogP contribution is 2.13. The number of amidine groups is 1. The molecule has 1 aromatic heterocycles. The van der Waals surface area contributed by atoms with Crippen LogP contribution in [0.15, 0.2) is 48.0 Å². The fourth-order valence-corrected chi connectivity index (χ4v) is 1.92. The Morgan fingerprint density at radius 1 is 1.24 bits per heavy atom. The van der Waals surface area contributed by atoms with Crippen molar-refractivity contribution in [2.45, 2.75) is 6.54 Å². The van der Waals surface area contributed by atoms with E-state index in [0.717, 1.165) is 17.9 Å². The highest BCUT2D eigenvalue weighted by Gasteiger charge is 2.11. The number of carbonyl (C=O) groups is 1. The smallest absolute Gasteiger partial charge is 0.260 e. The largest absolute Gasteiger partial charge is 0.492 e. The predicted molar refractivity (Wildman–Crippen MR) is 76.8 cm³/mol. The number of carbonyl (C=O) groups excluding carboxylic acids is 1. The molecular formula is C14H15N5O2. The van der Waals surface area contributed by atoms with Gasteiger partial charge in [-0.15, -0.1) is 0 Å². The van der Waals surface area contributed by atoms with Crippen LogP contribution in [0.2, 0.25) is 0 Å². The number of hydrazine groups is 1. The number of aliphatic imine (C=N–C) groups is 1. The molecule has 108 valence electrons. The van der Waals surface area contributed by atoms with E-state index in [2.05, 4.69) is 20.8 Å². The van der Waals surface area contributed by atoms with E-state index in [9.17, 15) is 4.79 Å². The molecule has 1 aromatic carbocycles. The number of hydrogen-bond acceptors (Lipinski definition) is 5. The first-order chi connectivity index (χ1) is 10.3. The number of nitrogens with one attached hydrogen (secondary N) is 2. The third kappa shape index (κ3) is 3.38. The molecule has 0 saturated carbocycles. The van der Waals surface area contributed by atoms with Crippen molar-refractivity contribution in [1.82, 2.24) is 20.4 Å².